The van der Waals surface area contributed by atoms with Crippen LogP contribution in [0.1, 0.15) is 165 Å². The van der Waals surface area contributed by atoms with Crippen molar-refractivity contribution in [3.63, 3.8) is 0 Å². The van der Waals surface area contributed by atoms with Gasteiger partial charge in [-0.25, -0.2) is 13.6 Å². The minimum absolute atomic E-state index is 0.143. The van der Waals surface area contributed by atoms with Crippen LogP contribution in [0.5, 0.6) is 0 Å². The van der Waals surface area contributed by atoms with E-state index in [0.717, 1.165) is 5.56 Å². The summed E-state index contributed by atoms with van der Waals surface area (Å²) < 4.78 is 32.9. The molecule has 1 aliphatic carbocycles. The maximum Gasteiger partial charge on any atom is 0.329 e. The Kier molecular flexibility index (Phi) is 30.4. The Bertz CT molecular complexity index is 2560. The third-order valence-corrected chi connectivity index (χ3v) is 17.9. The van der Waals surface area contributed by atoms with Crippen molar-refractivity contribution in [2.75, 3.05) is 13.2 Å². The predicted molar refractivity (Wildman–Crippen MR) is 317 cm³/mol. The van der Waals surface area contributed by atoms with Crippen LogP contribution in [0, 0.1) is 59.2 Å². The molecule has 1 saturated heterocycles. The molecule has 1 aliphatic heterocycles. The number of Topliss-reactive ketones (excluding diaryl/α,β-unsaturated/α-hetero) is 4. The summed E-state index contributed by atoms with van der Waals surface area (Å²) >= 11 is 0. The second-order valence-electron chi connectivity index (χ2n) is 24.4. The Morgan fingerprint density at radius 3 is 1.75 bits per heavy atom. The summed E-state index contributed by atoms with van der Waals surface area (Å²) in [6.07, 6.45) is -5.76. The quantitative estimate of drug-likeness (QED) is 0.0435. The number of hydrogen-bond donors (Lipinski definition) is 9. The van der Waals surface area contributed by atoms with E-state index in [1.54, 1.807) is 48.5 Å². The first kappa shape index (κ1) is 74.7. The van der Waals surface area contributed by atoms with Gasteiger partial charge in [-0.3, -0.25) is 52.7 Å². The fraction of sp³-hybridized carbons (Fsp3) is 0.714. The van der Waals surface area contributed by atoms with Gasteiger partial charge < -0.3 is 52.6 Å². The molecule has 488 valence electrons. The number of nitrogens with two attached hydrogens (primary N) is 1. The summed E-state index contributed by atoms with van der Waals surface area (Å²) in [4.78, 5) is 166. The summed E-state index contributed by atoms with van der Waals surface area (Å²) in [5.41, 5.74) is 4.64. The molecule has 1 aromatic rings. The summed E-state index contributed by atoms with van der Waals surface area (Å²) in [5, 5.41) is 37.0. The largest absolute Gasteiger partial charge is 0.458 e. The van der Waals surface area contributed by atoms with Crippen molar-refractivity contribution in [3.8, 4) is 0 Å². The molecule has 2 fully saturated rings. The van der Waals surface area contributed by atoms with Crippen LogP contribution >= 0.6 is 0 Å². The monoisotopic (exact) mass is 1230 g/mol. The topological polar surface area (TPSA) is 353 Å². The Hall–Kier alpha value is -6.56. The number of rotatable bonds is 35. The number of benzene rings is 1. The first-order valence-corrected chi connectivity index (χ1v) is 30.9. The smallest absolute Gasteiger partial charge is 0.329 e. The zero-order valence-electron chi connectivity index (χ0n) is 52.6. The van der Waals surface area contributed by atoms with Gasteiger partial charge in [0.1, 0.15) is 23.7 Å². The van der Waals surface area contributed by atoms with Gasteiger partial charge in [0, 0.05) is 56.3 Å². The van der Waals surface area contributed by atoms with Gasteiger partial charge in [0.2, 0.25) is 47.8 Å². The molecule has 10 N–H and O–H groups in total. The molecule has 0 aromatic heterocycles. The third kappa shape index (κ3) is 21.6. The molecule has 0 radical (unpaired) electrons. The number of nitrogens with one attached hydrogen (secondary N) is 6. The average Bonchev–Trinajstić information content (AvgIpc) is 1.74. The van der Waals surface area contributed by atoms with E-state index in [9.17, 15) is 76.5 Å². The molecular formula is C63H97F2N7O15. The van der Waals surface area contributed by atoms with Crippen molar-refractivity contribution in [2.24, 2.45) is 64.9 Å². The van der Waals surface area contributed by atoms with Crippen molar-refractivity contribution in [1.29, 1.82) is 0 Å². The first-order chi connectivity index (χ1) is 41.0. The van der Waals surface area contributed by atoms with E-state index in [-0.39, 0.29) is 31.1 Å². The van der Waals surface area contributed by atoms with Gasteiger partial charge in [-0.1, -0.05) is 125 Å². The molecule has 0 unspecified atom stereocenters. The number of amides is 7. The number of ether oxygens (including phenoxy) is 1. The number of alkyl halides is 2. The summed E-state index contributed by atoms with van der Waals surface area (Å²) in [6, 6.07) is 2.59. The van der Waals surface area contributed by atoms with Gasteiger partial charge in [0.05, 0.1) is 43.2 Å². The number of esters is 1. The number of aliphatic hydroxyl groups is 2. The molecule has 87 heavy (non-hydrogen) atoms. The molecule has 17 atom stereocenters. The van der Waals surface area contributed by atoms with Gasteiger partial charge in [-0.15, -0.1) is 0 Å². The lowest BCUT2D eigenvalue weighted by Gasteiger charge is -2.30. The molecule has 7 amide bonds. The minimum atomic E-state index is -2.81. The fourth-order valence-corrected chi connectivity index (χ4v) is 10.9. The Morgan fingerprint density at radius 2 is 1.24 bits per heavy atom. The van der Waals surface area contributed by atoms with E-state index >= 15 is 0 Å². The van der Waals surface area contributed by atoms with Gasteiger partial charge in [-0.2, -0.15) is 0 Å². The van der Waals surface area contributed by atoms with E-state index in [0.29, 0.717) is 38.5 Å². The van der Waals surface area contributed by atoms with Crippen LogP contribution < -0.4 is 37.6 Å². The normalized spacial score (nSPS) is 23.7. The molecule has 2 aliphatic rings. The van der Waals surface area contributed by atoms with E-state index in [4.69, 9.17) is 10.5 Å². The van der Waals surface area contributed by atoms with Gasteiger partial charge in [0.25, 0.3) is 0 Å². The van der Waals surface area contributed by atoms with E-state index < -0.39 is 211 Å². The van der Waals surface area contributed by atoms with Gasteiger partial charge in [0.15, 0.2) is 23.1 Å². The highest BCUT2D eigenvalue weighted by Crippen LogP contribution is 2.48. The van der Waals surface area contributed by atoms with Crippen molar-refractivity contribution in [2.45, 2.75) is 214 Å². The molecule has 1 spiro atoms. The van der Waals surface area contributed by atoms with E-state index in [1.165, 1.54) is 13.8 Å². The lowest BCUT2D eigenvalue weighted by atomic mass is 9.83. The van der Waals surface area contributed by atoms with Crippen molar-refractivity contribution < 1.29 is 81.3 Å². The van der Waals surface area contributed by atoms with E-state index in [1.807, 2.05) is 44.2 Å². The van der Waals surface area contributed by atoms with Crippen LogP contribution in [0.3, 0.4) is 0 Å². The molecule has 22 nitrogen and oxygen atoms in total. The summed E-state index contributed by atoms with van der Waals surface area (Å²) in [5.74, 6) is -18.1. The van der Waals surface area contributed by atoms with Crippen LogP contribution in [0.4, 0.5) is 8.78 Å². The molecule has 3 rings (SSSR count). The van der Waals surface area contributed by atoms with E-state index in [2.05, 4.69) is 31.9 Å². The van der Waals surface area contributed by atoms with Gasteiger partial charge in [-0.05, 0) is 67.8 Å². The van der Waals surface area contributed by atoms with Crippen LogP contribution in [-0.2, 0) is 68.7 Å². The number of aliphatic hydroxyl groups excluding tert-OH is 2. The number of halogens is 2. The summed E-state index contributed by atoms with van der Waals surface area (Å²) in [7, 11) is 0. The average molecular weight is 1230 g/mol. The summed E-state index contributed by atoms with van der Waals surface area (Å²) in [6.45, 7) is 16.5. The molecule has 1 aromatic carbocycles. The second kappa shape index (κ2) is 35.4. The fourth-order valence-electron chi connectivity index (χ4n) is 10.9. The molecule has 24 heteroatoms. The zero-order valence-corrected chi connectivity index (χ0v) is 52.6. The van der Waals surface area contributed by atoms with Gasteiger partial charge >= 0.3 is 5.97 Å². The molecule has 1 heterocycles. The van der Waals surface area contributed by atoms with Crippen molar-refractivity contribution in [1.82, 2.24) is 31.9 Å². The maximum absolute atomic E-state index is 14.5. The Balaban J connectivity index is 1.85. The third-order valence-electron chi connectivity index (χ3n) is 17.9. The second-order valence-corrected chi connectivity index (χ2v) is 24.4. The van der Waals surface area contributed by atoms with Crippen molar-refractivity contribution >= 4 is 70.5 Å². The SMILES string of the molecule is CC[C@H](Cc1ccccc1)C(=O)N[C@H](C(=O)C[C@@H](CO)C(=O)N[C@H](CCC(N)=O)C(=O)C[C@@H](C(=O)N[C@H](C(=O)C[C@@H](CO)C(=O)N[C@H]1C(=O)C[C@@H](C)C(=O)N[C@@]2(C[C@H]2CC(F)F)C(=O)N[C@@H]([C@@H](C)CC)C(=O)O[C@H]1C)[C@@H](C)CC)[C@@H](C)CC)[C@@H](C)CC. The zero-order chi connectivity index (χ0) is 65.6. The number of carbonyl (C=O) groups is 12. The first-order valence-electron chi connectivity index (χ1n) is 30.9. The number of ketones is 4. The molecular weight excluding hydrogens is 1130 g/mol. The molecule has 0 bridgehead atoms. The number of carbonyl (C=O) groups excluding carboxylic acids is 12. The highest BCUT2D eigenvalue weighted by molar-refractivity contribution is 6.01. The maximum atomic E-state index is 14.5. The standard InChI is InChI=1S/C63H97F2N7O15/c1-12-33(6)44(29-46(75)45(22-23-51(66)79)67-58(82)41(31-73)26-48(77)52(34(7)13-2)68-57(81)40(16-5)25-39-20-18-17-19-21-39)60(84)69-53(35(8)14-3)49(78)27-42(32-74)59(83)70-55-38(11)87-61(85)54(36(9)15-4)71-62(86)63(30-43(63)28-50(64)65)72-56(80)37(10)24-47(55)76/h17-21,33-38,40-45,50,52-55,73-74H,12-16,22-32H2,1-11H3,(H2,66,79)(H,67,82)(H,68,81)(H,69,84)(H,70,83)(H,71,86)(H,72,80)/t33-,34-,35-,36-,37+,38-,40+,41-,42-,43+,44+,45+,52-,53-,54-,55+,63+/m0/s1. The lowest BCUT2D eigenvalue weighted by molar-refractivity contribution is -0.157. The lowest BCUT2D eigenvalue weighted by Crippen LogP contribution is -2.57. The van der Waals surface area contributed by atoms with Crippen LogP contribution in [0.15, 0.2) is 30.3 Å². The van der Waals surface area contributed by atoms with Crippen molar-refractivity contribution in [3.05, 3.63) is 35.9 Å². The van der Waals surface area contributed by atoms with Crippen LogP contribution in [0.25, 0.3) is 0 Å². The molecule has 1 saturated carbocycles. The number of hydrogen-bond acceptors (Lipinski definition) is 15. The Labute approximate surface area is 510 Å². The minimum Gasteiger partial charge on any atom is -0.458 e. The highest BCUT2D eigenvalue weighted by atomic mass is 19.3. The predicted octanol–water partition coefficient (Wildman–Crippen LogP) is 3.91. The number of cyclic esters (lactones) is 1. The van der Waals surface area contributed by atoms with Crippen LogP contribution in [-0.4, -0.2) is 142 Å². The highest BCUT2D eigenvalue weighted by Gasteiger charge is 2.62. The van der Waals surface area contributed by atoms with Crippen LogP contribution in [0.2, 0.25) is 0 Å². The number of primary amides is 1. The Morgan fingerprint density at radius 1 is 0.701 bits per heavy atom.